The van der Waals surface area contributed by atoms with Gasteiger partial charge in [-0.05, 0) is 13.0 Å². The first-order valence-corrected chi connectivity index (χ1v) is 6.98. The van der Waals surface area contributed by atoms with Crippen molar-refractivity contribution in [1.29, 1.82) is 0 Å². The summed E-state index contributed by atoms with van der Waals surface area (Å²) in [6.45, 7) is -0.000870. The zero-order valence-corrected chi connectivity index (χ0v) is 13.1. The maximum atomic E-state index is 11.2. The molecule has 0 aliphatic rings. The van der Waals surface area contributed by atoms with Crippen LogP contribution >= 0.6 is 0 Å². The second-order valence-electron chi connectivity index (χ2n) is 4.03. The van der Waals surface area contributed by atoms with Crippen molar-refractivity contribution >= 4 is 17.9 Å². The molecule has 10 nitrogen and oxygen atoms in total. The van der Waals surface area contributed by atoms with Crippen molar-refractivity contribution in [3.05, 3.63) is 0 Å². The number of nitrogens with two attached hydrogens (primary N) is 1. The van der Waals surface area contributed by atoms with E-state index in [1.807, 2.05) is 6.92 Å². The van der Waals surface area contributed by atoms with Crippen LogP contribution in [0, 0.1) is 0 Å². The highest BCUT2D eigenvalue weighted by molar-refractivity contribution is 5.71. The molecule has 136 valence electrons. The first kappa shape index (κ1) is 23.5. The van der Waals surface area contributed by atoms with Crippen LogP contribution in [0.4, 0.5) is 0 Å². The fourth-order valence-corrected chi connectivity index (χ4v) is 1.05. The van der Waals surface area contributed by atoms with Crippen LogP contribution in [-0.4, -0.2) is 78.9 Å². The van der Waals surface area contributed by atoms with Crippen molar-refractivity contribution in [2.45, 2.75) is 25.9 Å². The van der Waals surface area contributed by atoms with Gasteiger partial charge in [0.15, 0.2) is 6.10 Å². The van der Waals surface area contributed by atoms with Crippen LogP contribution in [0.1, 0.15) is 19.8 Å². The molecule has 5 N–H and O–H groups in total. The number of aliphatic hydroxyl groups is 3. The summed E-state index contributed by atoms with van der Waals surface area (Å²) < 4.78 is 14.0. The van der Waals surface area contributed by atoms with Gasteiger partial charge in [0.2, 0.25) is 0 Å². The Hall–Kier alpha value is -1.75. The standard InChI is InChI=1S/C11H18O9.C2H7N/c12-3-1-2-9(15)18-6-8(20-11(17)5-14)7-19-10(16)4-13;1-2-3/h8,12-14H,1-7H2;2-3H2,1H3. The molecule has 0 amide bonds. The van der Waals surface area contributed by atoms with Crippen LogP contribution in [0.2, 0.25) is 0 Å². The normalized spacial score (nSPS) is 10.8. The number of carbonyl (C=O) groups excluding carboxylic acids is 3. The fourth-order valence-electron chi connectivity index (χ4n) is 1.05. The molecule has 10 heteroatoms. The van der Waals surface area contributed by atoms with Crippen LogP contribution < -0.4 is 5.73 Å². The highest BCUT2D eigenvalue weighted by atomic mass is 16.6. The van der Waals surface area contributed by atoms with E-state index in [0.29, 0.717) is 0 Å². The van der Waals surface area contributed by atoms with Crippen molar-refractivity contribution in [1.82, 2.24) is 0 Å². The first-order valence-electron chi connectivity index (χ1n) is 6.98. The minimum absolute atomic E-state index is 0.00636. The fraction of sp³-hybridized carbons (Fsp3) is 0.769. The summed E-state index contributed by atoms with van der Waals surface area (Å²) in [6, 6.07) is 0. The van der Waals surface area contributed by atoms with Crippen molar-refractivity contribution in [2.24, 2.45) is 5.73 Å². The summed E-state index contributed by atoms with van der Waals surface area (Å²) in [5.41, 5.74) is 4.85. The summed E-state index contributed by atoms with van der Waals surface area (Å²) in [5, 5.41) is 25.5. The summed E-state index contributed by atoms with van der Waals surface area (Å²) in [4.78, 5) is 32.9. The summed E-state index contributed by atoms with van der Waals surface area (Å²) in [5.74, 6) is -2.51. The first-order chi connectivity index (χ1) is 10.9. The predicted molar refractivity (Wildman–Crippen MR) is 77.0 cm³/mol. The maximum absolute atomic E-state index is 11.2. The van der Waals surface area contributed by atoms with Gasteiger partial charge in [-0.15, -0.1) is 0 Å². The largest absolute Gasteiger partial charge is 0.462 e. The van der Waals surface area contributed by atoms with Crippen molar-refractivity contribution in [2.75, 3.05) is 39.6 Å². The Labute approximate surface area is 134 Å². The zero-order valence-electron chi connectivity index (χ0n) is 13.1. The molecule has 1 unspecified atom stereocenters. The van der Waals surface area contributed by atoms with E-state index >= 15 is 0 Å². The van der Waals surface area contributed by atoms with Gasteiger partial charge in [0.05, 0.1) is 0 Å². The van der Waals surface area contributed by atoms with E-state index in [1.165, 1.54) is 0 Å². The molecule has 0 fully saturated rings. The summed E-state index contributed by atoms with van der Waals surface area (Å²) in [6.07, 6.45) is -0.851. The lowest BCUT2D eigenvalue weighted by molar-refractivity contribution is -0.169. The van der Waals surface area contributed by atoms with E-state index in [1.54, 1.807) is 0 Å². The lowest BCUT2D eigenvalue weighted by Crippen LogP contribution is -2.32. The summed E-state index contributed by atoms with van der Waals surface area (Å²) in [7, 11) is 0. The Morgan fingerprint density at radius 1 is 0.957 bits per heavy atom. The third-order valence-electron chi connectivity index (χ3n) is 1.96. The average molecular weight is 339 g/mol. The van der Waals surface area contributed by atoms with Gasteiger partial charge >= 0.3 is 17.9 Å². The second kappa shape index (κ2) is 16.6. The minimum Gasteiger partial charge on any atom is -0.462 e. The van der Waals surface area contributed by atoms with Gasteiger partial charge in [0.25, 0.3) is 0 Å². The molecule has 0 rings (SSSR count). The van der Waals surface area contributed by atoms with E-state index in [-0.39, 0.29) is 26.1 Å². The molecule has 0 bridgehead atoms. The molecule has 0 aromatic rings. The van der Waals surface area contributed by atoms with Crippen LogP contribution in [0.25, 0.3) is 0 Å². The number of hydrogen-bond acceptors (Lipinski definition) is 10. The van der Waals surface area contributed by atoms with Gasteiger partial charge in [-0.2, -0.15) is 0 Å². The molecule has 0 aliphatic heterocycles. The Kier molecular flexibility index (Phi) is 17.0. The van der Waals surface area contributed by atoms with E-state index < -0.39 is 43.8 Å². The number of esters is 3. The lowest BCUT2D eigenvalue weighted by Gasteiger charge is -2.17. The number of carbonyl (C=O) groups is 3. The van der Waals surface area contributed by atoms with Crippen LogP contribution in [0.3, 0.4) is 0 Å². The maximum Gasteiger partial charge on any atom is 0.332 e. The molecule has 0 saturated heterocycles. The SMILES string of the molecule is CCN.O=C(CO)OCC(COC(=O)CCCO)OC(=O)CO. The van der Waals surface area contributed by atoms with E-state index in [4.69, 9.17) is 25.8 Å². The molecule has 23 heavy (non-hydrogen) atoms. The predicted octanol–water partition coefficient (Wildman–Crippen LogP) is -2.29. The van der Waals surface area contributed by atoms with Crippen LogP contribution in [-0.2, 0) is 28.6 Å². The van der Waals surface area contributed by atoms with Crippen molar-refractivity contribution < 1.29 is 43.9 Å². The van der Waals surface area contributed by atoms with Gasteiger partial charge in [-0.3, -0.25) is 4.79 Å². The molecular formula is C13H25NO9. The Bertz CT molecular complexity index is 335. The second-order valence-corrected chi connectivity index (χ2v) is 4.03. The van der Waals surface area contributed by atoms with Gasteiger partial charge < -0.3 is 35.3 Å². The number of rotatable bonds is 10. The Morgan fingerprint density at radius 2 is 1.43 bits per heavy atom. The van der Waals surface area contributed by atoms with E-state index in [2.05, 4.69) is 9.47 Å². The molecule has 1 atom stereocenters. The average Bonchev–Trinajstić information content (AvgIpc) is 2.55. The van der Waals surface area contributed by atoms with Crippen molar-refractivity contribution in [3.8, 4) is 0 Å². The Morgan fingerprint density at radius 3 is 1.87 bits per heavy atom. The number of ether oxygens (including phenoxy) is 3. The molecule has 0 saturated carbocycles. The highest BCUT2D eigenvalue weighted by Gasteiger charge is 2.18. The zero-order chi connectivity index (χ0) is 18.1. The number of aliphatic hydroxyl groups excluding tert-OH is 3. The topological polar surface area (TPSA) is 166 Å². The van der Waals surface area contributed by atoms with E-state index in [0.717, 1.165) is 6.54 Å². The molecule has 0 heterocycles. The van der Waals surface area contributed by atoms with Crippen molar-refractivity contribution in [3.63, 3.8) is 0 Å². The minimum atomic E-state index is -1.08. The van der Waals surface area contributed by atoms with E-state index in [9.17, 15) is 14.4 Å². The van der Waals surface area contributed by atoms with Crippen LogP contribution in [0.5, 0.6) is 0 Å². The van der Waals surface area contributed by atoms with Gasteiger partial charge in [0, 0.05) is 13.0 Å². The van der Waals surface area contributed by atoms with Gasteiger partial charge in [0.1, 0.15) is 26.4 Å². The lowest BCUT2D eigenvalue weighted by atomic mass is 10.3. The Balaban J connectivity index is 0. The van der Waals surface area contributed by atoms with Gasteiger partial charge in [-0.1, -0.05) is 6.92 Å². The third kappa shape index (κ3) is 16.4. The molecule has 0 aromatic heterocycles. The quantitative estimate of drug-likeness (QED) is 0.251. The highest BCUT2D eigenvalue weighted by Crippen LogP contribution is 2.00. The van der Waals surface area contributed by atoms with Gasteiger partial charge in [-0.25, -0.2) is 9.59 Å². The molecular weight excluding hydrogens is 314 g/mol. The molecule has 0 aliphatic carbocycles. The number of hydrogen-bond donors (Lipinski definition) is 4. The monoisotopic (exact) mass is 339 g/mol. The van der Waals surface area contributed by atoms with Crippen LogP contribution in [0.15, 0.2) is 0 Å². The molecule has 0 spiro atoms. The molecule has 0 aromatic carbocycles. The smallest absolute Gasteiger partial charge is 0.332 e. The summed E-state index contributed by atoms with van der Waals surface area (Å²) >= 11 is 0. The third-order valence-corrected chi connectivity index (χ3v) is 1.96. The molecule has 0 radical (unpaired) electrons.